The number of esters is 1. The van der Waals surface area contributed by atoms with Crippen LogP contribution in [0.1, 0.15) is 71.6 Å². The maximum atomic E-state index is 12.1. The van der Waals surface area contributed by atoms with E-state index in [9.17, 15) is 9.00 Å². The normalized spacial score (nSPS) is 21.1. The summed E-state index contributed by atoms with van der Waals surface area (Å²) in [7, 11) is 0.731. The van der Waals surface area contributed by atoms with Crippen molar-refractivity contribution >= 4 is 46.7 Å². The van der Waals surface area contributed by atoms with Gasteiger partial charge in [0, 0.05) is 47.4 Å². The number of carbonyl (C=O) groups is 1. The molecule has 3 atom stereocenters. The van der Waals surface area contributed by atoms with Crippen molar-refractivity contribution in [2.75, 3.05) is 26.0 Å². The van der Waals surface area contributed by atoms with E-state index in [2.05, 4.69) is 27.3 Å². The first kappa shape index (κ1) is 26.6. The van der Waals surface area contributed by atoms with Gasteiger partial charge in [-0.25, -0.2) is 0 Å². The number of guanidine groups is 1. The Kier molecular flexibility index (Phi) is 16.3. The summed E-state index contributed by atoms with van der Waals surface area (Å²) >= 11 is 0. The summed E-state index contributed by atoms with van der Waals surface area (Å²) in [5.41, 5.74) is 0. The van der Waals surface area contributed by atoms with Crippen LogP contribution in [0.4, 0.5) is 0 Å². The van der Waals surface area contributed by atoms with Gasteiger partial charge >= 0.3 is 5.97 Å². The highest BCUT2D eigenvalue weighted by atomic mass is 127. The lowest BCUT2D eigenvalue weighted by Crippen LogP contribution is -2.46. The van der Waals surface area contributed by atoms with Crippen LogP contribution in [0, 0.1) is 0 Å². The molecular formula is C19H38IN3O3S. The largest absolute Gasteiger partial charge is 0.469 e. The molecule has 1 saturated carbocycles. The molecule has 6 nitrogen and oxygen atoms in total. The summed E-state index contributed by atoms with van der Waals surface area (Å²) in [6.07, 6.45) is 8.81. The van der Waals surface area contributed by atoms with Gasteiger partial charge in [0.25, 0.3) is 0 Å². The molecule has 160 valence electrons. The van der Waals surface area contributed by atoms with E-state index in [0.717, 1.165) is 76.2 Å². The Bertz CT molecular complexity index is 463. The van der Waals surface area contributed by atoms with Gasteiger partial charge in [-0.1, -0.05) is 26.2 Å². The lowest BCUT2D eigenvalue weighted by molar-refractivity contribution is -0.140. The average Bonchev–Trinajstić information content (AvgIpc) is 2.66. The van der Waals surface area contributed by atoms with Crippen molar-refractivity contribution < 1.29 is 13.7 Å². The lowest BCUT2D eigenvalue weighted by Gasteiger charge is -2.30. The number of carbonyl (C=O) groups excluding carboxylic acids is 1. The second-order valence-corrected chi connectivity index (χ2v) is 8.81. The zero-order valence-electron chi connectivity index (χ0n) is 17.1. The van der Waals surface area contributed by atoms with Crippen molar-refractivity contribution in [2.45, 2.75) is 82.9 Å². The Balaban J connectivity index is 0.00000676. The van der Waals surface area contributed by atoms with E-state index in [1.54, 1.807) is 0 Å². The fourth-order valence-corrected chi connectivity index (χ4v) is 4.64. The number of nitrogens with one attached hydrogen (secondary N) is 2. The summed E-state index contributed by atoms with van der Waals surface area (Å²) in [5, 5.41) is 7.17. The van der Waals surface area contributed by atoms with Gasteiger partial charge in [-0.2, -0.15) is 0 Å². The molecule has 1 aliphatic carbocycles. The summed E-state index contributed by atoms with van der Waals surface area (Å²) in [6.45, 7) is 5.69. The topological polar surface area (TPSA) is 79.8 Å². The highest BCUT2D eigenvalue weighted by molar-refractivity contribution is 14.0. The molecule has 3 unspecified atom stereocenters. The molecule has 0 aliphatic heterocycles. The zero-order chi connectivity index (χ0) is 19.2. The minimum absolute atomic E-state index is 0. The van der Waals surface area contributed by atoms with Crippen molar-refractivity contribution in [3.63, 3.8) is 0 Å². The van der Waals surface area contributed by atoms with Crippen LogP contribution in [0.25, 0.3) is 0 Å². The van der Waals surface area contributed by atoms with Crippen LogP contribution in [-0.2, 0) is 20.3 Å². The molecule has 0 spiro atoms. The first-order valence-corrected chi connectivity index (χ1v) is 11.5. The SMILES string of the molecule is CCNC(=NCCCCCCC(=O)OC)NC1CCCC(S(=O)CC)C1.I. The molecule has 0 aromatic heterocycles. The number of halogens is 1. The van der Waals surface area contributed by atoms with Crippen LogP contribution in [0.15, 0.2) is 4.99 Å². The Morgan fingerprint density at radius 1 is 1.19 bits per heavy atom. The van der Waals surface area contributed by atoms with Crippen LogP contribution in [0.5, 0.6) is 0 Å². The van der Waals surface area contributed by atoms with Crippen LogP contribution >= 0.6 is 24.0 Å². The van der Waals surface area contributed by atoms with E-state index in [-0.39, 0.29) is 29.9 Å². The maximum absolute atomic E-state index is 12.1. The molecule has 0 heterocycles. The number of unbranched alkanes of at least 4 members (excludes halogenated alkanes) is 3. The number of rotatable bonds is 11. The Morgan fingerprint density at radius 2 is 1.93 bits per heavy atom. The van der Waals surface area contributed by atoms with Gasteiger partial charge in [-0.15, -0.1) is 24.0 Å². The third-order valence-corrected chi connectivity index (χ3v) is 6.49. The summed E-state index contributed by atoms with van der Waals surface area (Å²) in [5.74, 6) is 1.49. The van der Waals surface area contributed by atoms with Gasteiger partial charge in [-0.3, -0.25) is 14.0 Å². The molecule has 1 rings (SSSR count). The third-order valence-electron chi connectivity index (χ3n) is 4.75. The average molecular weight is 516 g/mol. The van der Waals surface area contributed by atoms with E-state index in [1.807, 2.05) is 6.92 Å². The predicted molar refractivity (Wildman–Crippen MR) is 124 cm³/mol. The van der Waals surface area contributed by atoms with Gasteiger partial charge < -0.3 is 15.4 Å². The smallest absolute Gasteiger partial charge is 0.305 e. The van der Waals surface area contributed by atoms with Crippen molar-refractivity contribution in [3.05, 3.63) is 0 Å². The lowest BCUT2D eigenvalue weighted by atomic mass is 9.95. The molecule has 1 aliphatic rings. The van der Waals surface area contributed by atoms with Crippen molar-refractivity contribution in [1.29, 1.82) is 0 Å². The third kappa shape index (κ3) is 11.9. The second kappa shape index (κ2) is 16.6. The molecule has 1 fully saturated rings. The maximum Gasteiger partial charge on any atom is 0.305 e. The van der Waals surface area contributed by atoms with E-state index < -0.39 is 10.8 Å². The highest BCUT2D eigenvalue weighted by Gasteiger charge is 2.25. The van der Waals surface area contributed by atoms with Crippen LogP contribution in [0.2, 0.25) is 0 Å². The molecule has 0 radical (unpaired) electrons. The molecule has 0 amide bonds. The number of aliphatic imine (C=N–C) groups is 1. The van der Waals surface area contributed by atoms with Crippen molar-refractivity contribution in [2.24, 2.45) is 4.99 Å². The van der Waals surface area contributed by atoms with Gasteiger partial charge in [-0.05, 0) is 39.0 Å². The summed E-state index contributed by atoms with van der Waals surface area (Å²) in [6, 6.07) is 0.363. The van der Waals surface area contributed by atoms with Gasteiger partial charge in [0.1, 0.15) is 0 Å². The predicted octanol–water partition coefficient (Wildman–Crippen LogP) is 3.36. The first-order valence-electron chi connectivity index (χ1n) is 10.1. The summed E-state index contributed by atoms with van der Waals surface area (Å²) in [4.78, 5) is 15.7. The fourth-order valence-electron chi connectivity index (χ4n) is 3.29. The number of hydrogen-bond acceptors (Lipinski definition) is 4. The number of nitrogens with zero attached hydrogens (tertiary/aromatic N) is 1. The molecular weight excluding hydrogens is 477 g/mol. The van der Waals surface area contributed by atoms with Gasteiger partial charge in [0.2, 0.25) is 0 Å². The Labute approximate surface area is 184 Å². The number of ether oxygens (including phenoxy) is 1. The second-order valence-electron chi connectivity index (χ2n) is 6.80. The quantitative estimate of drug-likeness (QED) is 0.145. The van der Waals surface area contributed by atoms with Gasteiger partial charge in [0.15, 0.2) is 5.96 Å². The molecule has 0 aromatic rings. The molecule has 0 saturated heterocycles. The van der Waals surface area contributed by atoms with Gasteiger partial charge in [0.05, 0.1) is 7.11 Å². The molecule has 0 bridgehead atoms. The molecule has 27 heavy (non-hydrogen) atoms. The van der Waals surface area contributed by atoms with Crippen molar-refractivity contribution in [1.82, 2.24) is 10.6 Å². The zero-order valence-corrected chi connectivity index (χ0v) is 20.3. The number of hydrogen-bond donors (Lipinski definition) is 2. The van der Waals surface area contributed by atoms with E-state index >= 15 is 0 Å². The first-order chi connectivity index (χ1) is 12.6. The van der Waals surface area contributed by atoms with Crippen LogP contribution in [-0.4, -0.2) is 53.4 Å². The van der Waals surface area contributed by atoms with Crippen LogP contribution < -0.4 is 10.6 Å². The Morgan fingerprint density at radius 3 is 2.59 bits per heavy atom. The highest BCUT2D eigenvalue weighted by Crippen LogP contribution is 2.23. The van der Waals surface area contributed by atoms with E-state index in [0.29, 0.717) is 17.7 Å². The standard InChI is InChI=1S/C19H37N3O3S.HI/c1-4-20-19(21-14-9-7-6-8-13-18(23)25-3)22-16-11-10-12-17(15-16)26(24)5-2;/h16-17H,4-15H2,1-3H3,(H2,20,21,22);1H. The van der Waals surface area contributed by atoms with Crippen molar-refractivity contribution in [3.8, 4) is 0 Å². The van der Waals surface area contributed by atoms with E-state index in [1.165, 1.54) is 7.11 Å². The fraction of sp³-hybridized carbons (Fsp3) is 0.895. The molecule has 8 heteroatoms. The summed E-state index contributed by atoms with van der Waals surface area (Å²) < 4.78 is 16.7. The van der Waals surface area contributed by atoms with E-state index in [4.69, 9.17) is 0 Å². The minimum Gasteiger partial charge on any atom is -0.469 e. The molecule has 0 aromatic carbocycles. The van der Waals surface area contributed by atoms with Crippen LogP contribution in [0.3, 0.4) is 0 Å². The number of methoxy groups -OCH3 is 1. The minimum atomic E-state index is -0.700. The molecule has 2 N–H and O–H groups in total. The Hall–Kier alpha value is -0.380. The monoisotopic (exact) mass is 515 g/mol.